The van der Waals surface area contributed by atoms with Gasteiger partial charge in [-0.1, -0.05) is 42.5 Å². The van der Waals surface area contributed by atoms with E-state index in [1.807, 2.05) is 44.2 Å². The number of nitrogens with one attached hydrogen (secondary N) is 2. The Bertz CT molecular complexity index is 1020. The Morgan fingerprint density at radius 2 is 1.53 bits per heavy atom. The monoisotopic (exact) mass is 432 g/mol. The summed E-state index contributed by atoms with van der Waals surface area (Å²) >= 11 is 0. The number of anilines is 1. The molecule has 3 aromatic rings. The first-order valence-corrected chi connectivity index (χ1v) is 10.6. The lowest BCUT2D eigenvalue weighted by Crippen LogP contribution is -2.28. The van der Waals surface area contributed by atoms with Crippen LogP contribution in [0.4, 0.5) is 5.69 Å². The van der Waals surface area contributed by atoms with Crippen molar-refractivity contribution in [3.8, 4) is 5.75 Å². The third kappa shape index (κ3) is 6.43. The number of carbonyl (C=O) groups excluding carboxylic acids is 2. The standard InChI is InChI=1S/C26H28N2O4/c1-3-31-17-18-32-22-15-13-21(14-16-22)25(29)28-24-12-8-7-11-23(24)26(30)27-19(2)20-9-5-4-6-10-20/h4-16,19H,3,17-18H2,1-2H3,(H,27,30)(H,28,29). The lowest BCUT2D eigenvalue weighted by Gasteiger charge is -2.16. The third-order valence-electron chi connectivity index (χ3n) is 4.88. The molecule has 6 heteroatoms. The van der Waals surface area contributed by atoms with E-state index in [2.05, 4.69) is 10.6 Å². The van der Waals surface area contributed by atoms with Gasteiger partial charge in [0, 0.05) is 12.2 Å². The highest BCUT2D eigenvalue weighted by Gasteiger charge is 2.16. The summed E-state index contributed by atoms with van der Waals surface area (Å²) in [4.78, 5) is 25.6. The van der Waals surface area contributed by atoms with Gasteiger partial charge in [0.15, 0.2) is 0 Å². The highest BCUT2D eigenvalue weighted by molar-refractivity contribution is 6.09. The van der Waals surface area contributed by atoms with E-state index in [0.29, 0.717) is 42.4 Å². The Morgan fingerprint density at radius 1 is 0.844 bits per heavy atom. The summed E-state index contributed by atoms with van der Waals surface area (Å²) in [6.07, 6.45) is 0. The first-order valence-electron chi connectivity index (χ1n) is 10.6. The molecule has 1 unspecified atom stereocenters. The van der Waals surface area contributed by atoms with Crippen molar-refractivity contribution in [2.75, 3.05) is 25.1 Å². The van der Waals surface area contributed by atoms with Crippen molar-refractivity contribution in [3.63, 3.8) is 0 Å². The second kappa shape index (κ2) is 11.7. The zero-order valence-corrected chi connectivity index (χ0v) is 18.3. The Balaban J connectivity index is 1.64. The molecule has 0 saturated heterocycles. The number of benzene rings is 3. The van der Waals surface area contributed by atoms with Gasteiger partial charge in [-0.25, -0.2) is 0 Å². The lowest BCUT2D eigenvalue weighted by molar-refractivity contribution is 0.0940. The van der Waals surface area contributed by atoms with Gasteiger partial charge in [0.25, 0.3) is 11.8 Å². The predicted octanol–water partition coefficient (Wildman–Crippen LogP) is 4.85. The third-order valence-corrected chi connectivity index (χ3v) is 4.88. The Labute approximate surface area is 188 Å². The Hall–Kier alpha value is -3.64. The zero-order chi connectivity index (χ0) is 22.8. The van der Waals surface area contributed by atoms with Gasteiger partial charge in [0.1, 0.15) is 12.4 Å². The van der Waals surface area contributed by atoms with Crippen molar-refractivity contribution in [3.05, 3.63) is 95.6 Å². The maximum atomic E-state index is 12.9. The first kappa shape index (κ1) is 23.0. The van der Waals surface area contributed by atoms with Gasteiger partial charge in [-0.15, -0.1) is 0 Å². The molecule has 1 atom stereocenters. The van der Waals surface area contributed by atoms with Crippen molar-refractivity contribution < 1.29 is 19.1 Å². The Morgan fingerprint density at radius 3 is 2.25 bits per heavy atom. The minimum atomic E-state index is -0.303. The van der Waals surface area contributed by atoms with Crippen molar-refractivity contribution in [1.29, 1.82) is 0 Å². The number of para-hydroxylation sites is 1. The number of carbonyl (C=O) groups is 2. The number of ether oxygens (including phenoxy) is 2. The van der Waals surface area contributed by atoms with Gasteiger partial charge in [0.2, 0.25) is 0 Å². The summed E-state index contributed by atoms with van der Waals surface area (Å²) < 4.78 is 10.8. The van der Waals surface area contributed by atoms with E-state index in [1.54, 1.807) is 48.5 Å². The van der Waals surface area contributed by atoms with Crippen LogP contribution in [0, 0.1) is 0 Å². The van der Waals surface area contributed by atoms with E-state index in [9.17, 15) is 9.59 Å². The van der Waals surface area contributed by atoms with Gasteiger partial charge in [0.05, 0.1) is 23.9 Å². The van der Waals surface area contributed by atoms with Crippen LogP contribution in [0.15, 0.2) is 78.9 Å². The lowest BCUT2D eigenvalue weighted by atomic mass is 10.1. The molecule has 3 aromatic carbocycles. The zero-order valence-electron chi connectivity index (χ0n) is 18.3. The molecule has 0 aliphatic carbocycles. The SMILES string of the molecule is CCOCCOc1ccc(C(=O)Nc2ccccc2C(=O)NC(C)c2ccccc2)cc1. The molecule has 0 heterocycles. The largest absolute Gasteiger partial charge is 0.491 e. The molecule has 0 aliphatic heterocycles. The van der Waals surface area contributed by atoms with Crippen molar-refractivity contribution in [2.24, 2.45) is 0 Å². The van der Waals surface area contributed by atoms with Gasteiger partial charge in [-0.2, -0.15) is 0 Å². The number of hydrogen-bond donors (Lipinski definition) is 2. The van der Waals surface area contributed by atoms with Crippen LogP contribution >= 0.6 is 0 Å². The Kier molecular flexibility index (Phi) is 8.40. The van der Waals surface area contributed by atoms with Crippen LogP contribution in [0.1, 0.15) is 46.2 Å². The molecular weight excluding hydrogens is 404 g/mol. The number of amides is 2. The molecule has 166 valence electrons. The van der Waals surface area contributed by atoms with E-state index in [4.69, 9.17) is 9.47 Å². The molecule has 32 heavy (non-hydrogen) atoms. The average molecular weight is 433 g/mol. The maximum absolute atomic E-state index is 12.9. The molecule has 0 radical (unpaired) electrons. The van der Waals surface area contributed by atoms with Crippen molar-refractivity contribution >= 4 is 17.5 Å². The molecule has 0 aromatic heterocycles. The van der Waals surface area contributed by atoms with Gasteiger partial charge >= 0.3 is 0 Å². The fourth-order valence-corrected chi connectivity index (χ4v) is 3.15. The summed E-state index contributed by atoms with van der Waals surface area (Å²) in [5, 5.41) is 5.82. The minimum absolute atomic E-state index is 0.164. The quantitative estimate of drug-likeness (QED) is 0.449. The first-order chi connectivity index (χ1) is 15.6. The van der Waals surface area contributed by atoms with Gasteiger partial charge in [-0.3, -0.25) is 9.59 Å². The average Bonchev–Trinajstić information content (AvgIpc) is 2.83. The summed E-state index contributed by atoms with van der Waals surface area (Å²) in [6.45, 7) is 5.46. The molecule has 6 nitrogen and oxygen atoms in total. The summed E-state index contributed by atoms with van der Waals surface area (Å²) in [5.74, 6) is 0.105. The molecule has 0 fully saturated rings. The van der Waals surface area contributed by atoms with E-state index in [1.165, 1.54) is 0 Å². The smallest absolute Gasteiger partial charge is 0.255 e. The molecule has 0 spiro atoms. The van der Waals surface area contributed by atoms with Crippen LogP contribution in [0.25, 0.3) is 0 Å². The van der Waals surface area contributed by atoms with E-state index < -0.39 is 0 Å². The van der Waals surface area contributed by atoms with E-state index in [-0.39, 0.29) is 17.9 Å². The highest BCUT2D eigenvalue weighted by Crippen LogP contribution is 2.20. The minimum Gasteiger partial charge on any atom is -0.491 e. The molecule has 0 aliphatic rings. The van der Waals surface area contributed by atoms with Crippen LogP contribution in [0.3, 0.4) is 0 Å². The van der Waals surface area contributed by atoms with Crippen LogP contribution in [0.5, 0.6) is 5.75 Å². The fourth-order valence-electron chi connectivity index (χ4n) is 3.15. The van der Waals surface area contributed by atoms with Crippen molar-refractivity contribution in [2.45, 2.75) is 19.9 Å². The van der Waals surface area contributed by atoms with E-state index in [0.717, 1.165) is 5.56 Å². The molecule has 3 rings (SSSR count). The van der Waals surface area contributed by atoms with Crippen LogP contribution in [-0.2, 0) is 4.74 Å². The molecule has 2 amide bonds. The number of rotatable bonds is 10. The van der Waals surface area contributed by atoms with Gasteiger partial charge < -0.3 is 20.1 Å². The number of hydrogen-bond acceptors (Lipinski definition) is 4. The second-order valence-electron chi connectivity index (χ2n) is 7.18. The summed E-state index contributed by atoms with van der Waals surface area (Å²) in [6, 6.07) is 23.4. The van der Waals surface area contributed by atoms with Crippen LogP contribution < -0.4 is 15.4 Å². The predicted molar refractivity (Wildman–Crippen MR) is 125 cm³/mol. The van der Waals surface area contributed by atoms with Crippen LogP contribution in [0.2, 0.25) is 0 Å². The normalized spacial score (nSPS) is 11.4. The topological polar surface area (TPSA) is 76.7 Å². The van der Waals surface area contributed by atoms with Crippen molar-refractivity contribution in [1.82, 2.24) is 5.32 Å². The summed E-state index contributed by atoms with van der Waals surface area (Å²) in [7, 11) is 0. The summed E-state index contributed by atoms with van der Waals surface area (Å²) in [5.41, 5.74) is 2.33. The molecule has 2 N–H and O–H groups in total. The second-order valence-corrected chi connectivity index (χ2v) is 7.18. The van der Waals surface area contributed by atoms with Crippen LogP contribution in [-0.4, -0.2) is 31.6 Å². The van der Waals surface area contributed by atoms with Gasteiger partial charge in [-0.05, 0) is 55.8 Å². The van der Waals surface area contributed by atoms with E-state index >= 15 is 0 Å². The maximum Gasteiger partial charge on any atom is 0.255 e. The molecule has 0 bridgehead atoms. The fraction of sp³-hybridized carbons (Fsp3) is 0.231. The molecular formula is C26H28N2O4. The molecule has 0 saturated carbocycles. The highest BCUT2D eigenvalue weighted by atomic mass is 16.5.